The second-order valence-electron chi connectivity index (χ2n) is 4.71. The average molecular weight is 272 g/mol. The number of benzene rings is 1. The third-order valence-electron chi connectivity index (χ3n) is 3.41. The SMILES string of the molecule is O=C(c1cncc(F)c1)N1CCC(O)c2ccccc21. The maximum Gasteiger partial charge on any atom is 0.259 e. The molecule has 0 aliphatic carbocycles. The number of halogens is 1. The Balaban J connectivity index is 1.99. The number of anilines is 1. The van der Waals surface area contributed by atoms with Crippen LogP contribution in [0, 0.1) is 5.82 Å². The zero-order valence-electron chi connectivity index (χ0n) is 10.7. The average Bonchev–Trinajstić information content (AvgIpc) is 2.47. The minimum Gasteiger partial charge on any atom is -0.388 e. The van der Waals surface area contributed by atoms with Gasteiger partial charge in [0.25, 0.3) is 5.91 Å². The molecular weight excluding hydrogens is 259 g/mol. The van der Waals surface area contributed by atoms with Crippen molar-refractivity contribution in [1.29, 1.82) is 0 Å². The van der Waals surface area contributed by atoms with Crippen LogP contribution in [-0.2, 0) is 0 Å². The first-order chi connectivity index (χ1) is 9.66. The van der Waals surface area contributed by atoms with Crippen LogP contribution in [0.1, 0.15) is 28.4 Å². The summed E-state index contributed by atoms with van der Waals surface area (Å²) in [6.07, 6.45) is 2.30. The molecule has 1 N–H and O–H groups in total. The van der Waals surface area contributed by atoms with Crippen LogP contribution in [0.15, 0.2) is 42.7 Å². The summed E-state index contributed by atoms with van der Waals surface area (Å²) in [6, 6.07) is 8.37. The van der Waals surface area contributed by atoms with Gasteiger partial charge < -0.3 is 10.0 Å². The molecule has 2 aromatic rings. The molecule has 2 heterocycles. The van der Waals surface area contributed by atoms with E-state index in [0.29, 0.717) is 18.7 Å². The van der Waals surface area contributed by atoms with Crippen molar-refractivity contribution in [3.63, 3.8) is 0 Å². The van der Waals surface area contributed by atoms with E-state index in [2.05, 4.69) is 4.98 Å². The molecule has 1 aromatic heterocycles. The van der Waals surface area contributed by atoms with Gasteiger partial charge in [0.05, 0.1) is 17.9 Å². The summed E-state index contributed by atoms with van der Waals surface area (Å²) in [7, 11) is 0. The molecule has 0 spiro atoms. The standard InChI is InChI=1S/C15H13FN2O2/c16-11-7-10(8-17-9-11)15(20)18-6-5-14(19)12-3-1-2-4-13(12)18/h1-4,7-9,14,19H,5-6H2. The molecular formula is C15H13FN2O2. The Bertz CT molecular complexity index is 660. The second kappa shape index (κ2) is 5.02. The minimum absolute atomic E-state index is 0.205. The lowest BCUT2D eigenvalue weighted by molar-refractivity contribution is 0.0969. The van der Waals surface area contributed by atoms with Crippen molar-refractivity contribution in [2.45, 2.75) is 12.5 Å². The van der Waals surface area contributed by atoms with Gasteiger partial charge in [-0.05, 0) is 18.6 Å². The molecule has 20 heavy (non-hydrogen) atoms. The lowest BCUT2D eigenvalue weighted by Gasteiger charge is -2.32. The zero-order chi connectivity index (χ0) is 14.1. The monoisotopic (exact) mass is 272 g/mol. The van der Waals surface area contributed by atoms with E-state index in [1.54, 1.807) is 23.1 Å². The van der Waals surface area contributed by atoms with Crippen molar-refractivity contribution in [2.24, 2.45) is 0 Å². The van der Waals surface area contributed by atoms with Gasteiger partial charge >= 0.3 is 0 Å². The predicted octanol–water partition coefficient (Wildman–Crippen LogP) is 2.30. The molecule has 102 valence electrons. The lowest BCUT2D eigenvalue weighted by Crippen LogP contribution is -2.36. The first-order valence-corrected chi connectivity index (χ1v) is 6.36. The summed E-state index contributed by atoms with van der Waals surface area (Å²) in [5, 5.41) is 9.97. The van der Waals surface area contributed by atoms with Gasteiger partial charge in [-0.1, -0.05) is 18.2 Å². The molecule has 0 bridgehead atoms. The van der Waals surface area contributed by atoms with Gasteiger partial charge in [0.2, 0.25) is 0 Å². The van der Waals surface area contributed by atoms with Crippen molar-refractivity contribution < 1.29 is 14.3 Å². The molecule has 1 amide bonds. The predicted molar refractivity (Wildman–Crippen MR) is 71.9 cm³/mol. The fourth-order valence-electron chi connectivity index (χ4n) is 2.44. The smallest absolute Gasteiger partial charge is 0.259 e. The number of para-hydroxylation sites is 1. The zero-order valence-corrected chi connectivity index (χ0v) is 10.7. The molecule has 0 radical (unpaired) electrons. The number of fused-ring (bicyclic) bond motifs is 1. The molecule has 1 aliphatic heterocycles. The summed E-state index contributed by atoms with van der Waals surface area (Å²) in [4.78, 5) is 17.7. The van der Waals surface area contributed by atoms with Gasteiger partial charge in [-0.3, -0.25) is 9.78 Å². The third-order valence-corrected chi connectivity index (χ3v) is 3.41. The van der Waals surface area contributed by atoms with Crippen molar-refractivity contribution in [1.82, 2.24) is 4.98 Å². The highest BCUT2D eigenvalue weighted by atomic mass is 19.1. The van der Waals surface area contributed by atoms with Crippen LogP contribution in [-0.4, -0.2) is 22.5 Å². The Morgan fingerprint density at radius 3 is 2.95 bits per heavy atom. The number of amides is 1. The summed E-state index contributed by atoms with van der Waals surface area (Å²) in [5.74, 6) is -0.850. The van der Waals surface area contributed by atoms with Crippen LogP contribution in [0.3, 0.4) is 0 Å². The molecule has 0 saturated carbocycles. The normalized spacial score (nSPS) is 17.7. The summed E-state index contributed by atoms with van der Waals surface area (Å²) in [6.45, 7) is 0.396. The highest BCUT2D eigenvalue weighted by Gasteiger charge is 2.28. The topological polar surface area (TPSA) is 53.4 Å². The molecule has 4 nitrogen and oxygen atoms in total. The Morgan fingerprint density at radius 2 is 2.15 bits per heavy atom. The second-order valence-corrected chi connectivity index (χ2v) is 4.71. The van der Waals surface area contributed by atoms with E-state index in [1.165, 1.54) is 12.3 Å². The maximum absolute atomic E-state index is 13.2. The van der Waals surface area contributed by atoms with Crippen LogP contribution < -0.4 is 4.90 Å². The van der Waals surface area contributed by atoms with E-state index >= 15 is 0 Å². The van der Waals surface area contributed by atoms with E-state index in [9.17, 15) is 14.3 Å². The Morgan fingerprint density at radius 1 is 1.35 bits per heavy atom. The van der Waals surface area contributed by atoms with Gasteiger partial charge in [0.1, 0.15) is 5.82 Å². The highest BCUT2D eigenvalue weighted by Crippen LogP contribution is 2.34. The first-order valence-electron chi connectivity index (χ1n) is 6.36. The number of pyridine rings is 1. The molecule has 0 fully saturated rings. The third kappa shape index (κ3) is 2.16. The number of carbonyl (C=O) groups is 1. The molecule has 1 aromatic carbocycles. The summed E-state index contributed by atoms with van der Waals surface area (Å²) < 4.78 is 13.2. The van der Waals surface area contributed by atoms with Crippen molar-refractivity contribution in [3.05, 3.63) is 59.7 Å². The van der Waals surface area contributed by atoms with Crippen molar-refractivity contribution >= 4 is 11.6 Å². The number of hydrogen-bond acceptors (Lipinski definition) is 3. The van der Waals surface area contributed by atoms with Crippen LogP contribution >= 0.6 is 0 Å². The number of carbonyl (C=O) groups excluding carboxylic acids is 1. The van der Waals surface area contributed by atoms with E-state index in [-0.39, 0.29) is 11.5 Å². The fourth-order valence-corrected chi connectivity index (χ4v) is 2.44. The molecule has 0 saturated heterocycles. The number of aromatic nitrogens is 1. The largest absolute Gasteiger partial charge is 0.388 e. The summed E-state index contributed by atoms with van der Waals surface area (Å²) >= 11 is 0. The van der Waals surface area contributed by atoms with Crippen molar-refractivity contribution in [2.75, 3.05) is 11.4 Å². The summed E-state index contributed by atoms with van der Waals surface area (Å²) in [5.41, 5.74) is 1.59. The minimum atomic E-state index is -0.569. The Kier molecular flexibility index (Phi) is 3.20. The molecule has 1 aliphatic rings. The number of rotatable bonds is 1. The molecule has 3 rings (SSSR count). The van der Waals surface area contributed by atoms with Gasteiger partial charge in [0, 0.05) is 24.0 Å². The van der Waals surface area contributed by atoms with Crippen LogP contribution in [0.5, 0.6) is 0 Å². The highest BCUT2D eigenvalue weighted by molar-refractivity contribution is 6.06. The number of aliphatic hydroxyl groups excluding tert-OH is 1. The lowest BCUT2D eigenvalue weighted by atomic mass is 9.98. The van der Waals surface area contributed by atoms with Crippen LogP contribution in [0.4, 0.5) is 10.1 Å². The molecule has 1 unspecified atom stereocenters. The van der Waals surface area contributed by atoms with E-state index in [1.807, 2.05) is 6.07 Å². The number of hydrogen-bond donors (Lipinski definition) is 1. The fraction of sp³-hybridized carbons (Fsp3) is 0.200. The van der Waals surface area contributed by atoms with E-state index < -0.39 is 11.9 Å². The Labute approximate surface area is 115 Å². The molecule has 1 atom stereocenters. The van der Waals surface area contributed by atoms with Gasteiger partial charge in [0.15, 0.2) is 0 Å². The Hall–Kier alpha value is -2.27. The van der Waals surface area contributed by atoms with Gasteiger partial charge in [-0.25, -0.2) is 4.39 Å². The maximum atomic E-state index is 13.2. The molecule has 5 heteroatoms. The van der Waals surface area contributed by atoms with Crippen LogP contribution in [0.2, 0.25) is 0 Å². The van der Waals surface area contributed by atoms with Crippen molar-refractivity contribution in [3.8, 4) is 0 Å². The quantitative estimate of drug-likeness (QED) is 0.866. The van der Waals surface area contributed by atoms with Gasteiger partial charge in [-0.2, -0.15) is 0 Å². The number of aliphatic hydroxyl groups is 1. The number of nitrogens with zero attached hydrogens (tertiary/aromatic N) is 2. The van der Waals surface area contributed by atoms with Crippen LogP contribution in [0.25, 0.3) is 0 Å². The first kappa shape index (κ1) is 12.7. The van der Waals surface area contributed by atoms with E-state index in [0.717, 1.165) is 11.8 Å². The van der Waals surface area contributed by atoms with E-state index in [4.69, 9.17) is 0 Å². The van der Waals surface area contributed by atoms with Gasteiger partial charge in [-0.15, -0.1) is 0 Å².